The molecule has 0 aliphatic carbocycles. The Balaban J connectivity index is 2.21. The van der Waals surface area contributed by atoms with Crippen LogP contribution in [0.25, 0.3) is 11.3 Å². The summed E-state index contributed by atoms with van der Waals surface area (Å²) < 4.78 is 18.4. The van der Waals surface area contributed by atoms with Crippen molar-refractivity contribution in [2.45, 2.75) is 38.7 Å². The first-order valence-corrected chi connectivity index (χ1v) is 8.11. The van der Waals surface area contributed by atoms with Gasteiger partial charge in [0.25, 0.3) is 0 Å². The van der Waals surface area contributed by atoms with Gasteiger partial charge < -0.3 is 15.8 Å². The van der Waals surface area contributed by atoms with E-state index < -0.39 is 17.1 Å². The number of halogens is 1. The number of carbonyl (C=O) groups excluding carboxylic acids is 1. The van der Waals surface area contributed by atoms with Gasteiger partial charge in [0.15, 0.2) is 0 Å². The maximum absolute atomic E-state index is 13.2. The minimum atomic E-state index is -0.571. The fraction of sp³-hybridized carbons (Fsp3) is 0.444. The molecule has 4 N–H and O–H groups in total. The number of aromatic nitrogens is 2. The summed E-state index contributed by atoms with van der Waals surface area (Å²) >= 11 is 0. The lowest BCUT2D eigenvalue weighted by atomic mass is 9.81. The van der Waals surface area contributed by atoms with Crippen LogP contribution >= 0.6 is 0 Å². The summed E-state index contributed by atoms with van der Waals surface area (Å²) in [5, 5.41) is 9.80. The summed E-state index contributed by atoms with van der Waals surface area (Å²) in [6.07, 6.45) is 1.18. The Bertz CT molecular complexity index is 721. The number of benzene rings is 1. The minimum absolute atomic E-state index is 0.284. The summed E-state index contributed by atoms with van der Waals surface area (Å²) in [4.78, 5) is 11.9. The number of carbonyl (C=O) groups is 1. The molecule has 1 amide bonds. The molecule has 2 aromatic rings. The van der Waals surface area contributed by atoms with Crippen LogP contribution in [0, 0.1) is 5.82 Å². The van der Waals surface area contributed by atoms with Crippen molar-refractivity contribution < 1.29 is 13.9 Å². The quantitative estimate of drug-likeness (QED) is 0.774. The highest BCUT2D eigenvalue weighted by molar-refractivity contribution is 5.68. The lowest BCUT2D eigenvalue weighted by molar-refractivity contribution is 0.0516. The number of nitrogens with two attached hydrogens (primary N) is 1. The van der Waals surface area contributed by atoms with E-state index in [2.05, 4.69) is 15.5 Å². The van der Waals surface area contributed by atoms with Crippen LogP contribution in [-0.4, -0.2) is 35.0 Å². The summed E-state index contributed by atoms with van der Waals surface area (Å²) in [6, 6.07) is 6.12. The average Bonchev–Trinajstić information content (AvgIpc) is 3.02. The first kappa shape index (κ1) is 18.9. The number of H-pyrrole nitrogens is 1. The lowest BCUT2D eigenvalue weighted by Gasteiger charge is -2.29. The number of amides is 1. The Morgan fingerprint density at radius 1 is 1.28 bits per heavy atom. The zero-order chi connectivity index (χ0) is 18.7. The van der Waals surface area contributed by atoms with E-state index in [1.807, 2.05) is 6.92 Å². The standard InChI is InChI=1S/C18H25FN4O2/c1-17(2,3)25-16(24)21-11-18(4,10-20)14-9-22-23-15(14)12-5-7-13(19)8-6-12/h5-9H,10-11,20H2,1-4H3,(H,21,24)(H,22,23). The molecule has 0 fully saturated rings. The maximum atomic E-state index is 13.2. The molecule has 136 valence electrons. The lowest BCUT2D eigenvalue weighted by Crippen LogP contribution is -2.45. The van der Waals surface area contributed by atoms with Gasteiger partial charge in [-0.3, -0.25) is 5.10 Å². The monoisotopic (exact) mass is 348 g/mol. The fourth-order valence-corrected chi connectivity index (χ4v) is 2.44. The van der Waals surface area contributed by atoms with Crippen LogP contribution in [0.2, 0.25) is 0 Å². The molecular formula is C18H25FN4O2. The first-order valence-electron chi connectivity index (χ1n) is 8.11. The molecule has 25 heavy (non-hydrogen) atoms. The first-order chi connectivity index (χ1) is 11.6. The number of nitrogens with zero attached hydrogens (tertiary/aromatic N) is 1. The van der Waals surface area contributed by atoms with Crippen molar-refractivity contribution >= 4 is 6.09 Å². The van der Waals surface area contributed by atoms with Gasteiger partial charge in [0.05, 0.1) is 11.9 Å². The van der Waals surface area contributed by atoms with Crippen molar-refractivity contribution in [3.63, 3.8) is 0 Å². The molecule has 0 saturated carbocycles. The van der Waals surface area contributed by atoms with E-state index in [-0.39, 0.29) is 18.9 Å². The second-order valence-electron chi connectivity index (χ2n) is 7.29. The Labute approximate surface area is 147 Å². The maximum Gasteiger partial charge on any atom is 0.407 e. The highest BCUT2D eigenvalue weighted by Gasteiger charge is 2.31. The number of alkyl carbamates (subject to hydrolysis) is 1. The predicted octanol–water partition coefficient (Wildman–Crippen LogP) is 2.96. The molecule has 7 heteroatoms. The molecule has 0 bridgehead atoms. The Hall–Kier alpha value is -2.41. The number of rotatable bonds is 5. The molecule has 0 spiro atoms. The number of hydrogen-bond acceptors (Lipinski definition) is 4. The van der Waals surface area contributed by atoms with Crippen molar-refractivity contribution in [2.24, 2.45) is 5.73 Å². The second kappa shape index (κ2) is 7.23. The van der Waals surface area contributed by atoms with Gasteiger partial charge in [0, 0.05) is 29.6 Å². The van der Waals surface area contributed by atoms with Crippen LogP contribution in [-0.2, 0) is 10.2 Å². The molecule has 0 saturated heterocycles. The Morgan fingerprint density at radius 2 is 1.92 bits per heavy atom. The zero-order valence-electron chi connectivity index (χ0n) is 15.0. The van der Waals surface area contributed by atoms with Gasteiger partial charge in [-0.25, -0.2) is 9.18 Å². The molecule has 1 aromatic heterocycles. The highest BCUT2D eigenvalue weighted by Crippen LogP contribution is 2.31. The van der Waals surface area contributed by atoms with E-state index in [9.17, 15) is 9.18 Å². The predicted molar refractivity (Wildman–Crippen MR) is 94.6 cm³/mol. The van der Waals surface area contributed by atoms with Gasteiger partial charge in [-0.15, -0.1) is 0 Å². The van der Waals surface area contributed by atoms with Gasteiger partial charge >= 0.3 is 6.09 Å². The average molecular weight is 348 g/mol. The van der Waals surface area contributed by atoms with E-state index in [1.165, 1.54) is 12.1 Å². The minimum Gasteiger partial charge on any atom is -0.444 e. The third-order valence-electron chi connectivity index (χ3n) is 3.89. The van der Waals surface area contributed by atoms with Gasteiger partial charge in [-0.05, 0) is 45.0 Å². The summed E-state index contributed by atoms with van der Waals surface area (Å²) in [5.41, 5.74) is 7.25. The van der Waals surface area contributed by atoms with Crippen molar-refractivity contribution in [3.8, 4) is 11.3 Å². The third kappa shape index (κ3) is 4.79. The van der Waals surface area contributed by atoms with E-state index in [1.54, 1.807) is 39.1 Å². The molecule has 1 unspecified atom stereocenters. The molecular weight excluding hydrogens is 323 g/mol. The Morgan fingerprint density at radius 3 is 2.48 bits per heavy atom. The van der Waals surface area contributed by atoms with E-state index in [0.717, 1.165) is 16.8 Å². The van der Waals surface area contributed by atoms with E-state index >= 15 is 0 Å². The summed E-state index contributed by atoms with van der Waals surface area (Å²) in [5.74, 6) is -0.307. The largest absolute Gasteiger partial charge is 0.444 e. The highest BCUT2D eigenvalue weighted by atomic mass is 19.1. The van der Waals surface area contributed by atoms with Gasteiger partial charge in [-0.2, -0.15) is 5.10 Å². The van der Waals surface area contributed by atoms with E-state index in [0.29, 0.717) is 0 Å². The second-order valence-corrected chi connectivity index (χ2v) is 7.29. The van der Waals surface area contributed by atoms with Crippen LogP contribution in [0.15, 0.2) is 30.5 Å². The smallest absolute Gasteiger partial charge is 0.407 e. The molecule has 0 aliphatic heterocycles. The summed E-state index contributed by atoms with van der Waals surface area (Å²) in [7, 11) is 0. The Kier molecular flexibility index (Phi) is 5.47. The van der Waals surface area contributed by atoms with Crippen LogP contribution < -0.4 is 11.1 Å². The zero-order valence-corrected chi connectivity index (χ0v) is 15.0. The van der Waals surface area contributed by atoms with E-state index in [4.69, 9.17) is 10.5 Å². The van der Waals surface area contributed by atoms with Crippen LogP contribution in [0.1, 0.15) is 33.3 Å². The third-order valence-corrected chi connectivity index (χ3v) is 3.89. The van der Waals surface area contributed by atoms with Crippen molar-refractivity contribution in [2.75, 3.05) is 13.1 Å². The number of aromatic amines is 1. The van der Waals surface area contributed by atoms with Crippen molar-refractivity contribution in [3.05, 3.63) is 41.8 Å². The van der Waals surface area contributed by atoms with Gasteiger partial charge in [0.1, 0.15) is 11.4 Å². The van der Waals surface area contributed by atoms with Crippen molar-refractivity contribution in [1.29, 1.82) is 0 Å². The van der Waals surface area contributed by atoms with Crippen LogP contribution in [0.5, 0.6) is 0 Å². The fourth-order valence-electron chi connectivity index (χ4n) is 2.44. The van der Waals surface area contributed by atoms with Crippen molar-refractivity contribution in [1.82, 2.24) is 15.5 Å². The molecule has 1 heterocycles. The van der Waals surface area contributed by atoms with Gasteiger partial charge in [0.2, 0.25) is 0 Å². The molecule has 6 nitrogen and oxygen atoms in total. The molecule has 2 rings (SSSR count). The molecule has 1 atom stereocenters. The van der Waals surface area contributed by atoms with Crippen LogP contribution in [0.3, 0.4) is 0 Å². The van der Waals surface area contributed by atoms with Crippen LogP contribution in [0.4, 0.5) is 9.18 Å². The molecule has 0 radical (unpaired) electrons. The number of nitrogens with one attached hydrogen (secondary N) is 2. The molecule has 0 aliphatic rings. The number of ether oxygens (including phenoxy) is 1. The SMILES string of the molecule is CC(C)(C)OC(=O)NCC(C)(CN)c1cn[nH]c1-c1ccc(F)cc1. The van der Waals surface area contributed by atoms with Gasteiger partial charge in [-0.1, -0.05) is 6.92 Å². The summed E-state index contributed by atoms with van der Waals surface area (Å²) in [6.45, 7) is 7.91. The topological polar surface area (TPSA) is 93.0 Å². The number of hydrogen-bond donors (Lipinski definition) is 3. The normalized spacial score (nSPS) is 14.0. The molecule has 1 aromatic carbocycles.